The van der Waals surface area contributed by atoms with Gasteiger partial charge in [-0.1, -0.05) is 0 Å². The van der Waals surface area contributed by atoms with Crippen LogP contribution in [0.2, 0.25) is 0 Å². The van der Waals surface area contributed by atoms with Crippen molar-refractivity contribution in [2.24, 2.45) is 0 Å². The summed E-state index contributed by atoms with van der Waals surface area (Å²) in [4.78, 5) is 11.5. The molecule has 1 aromatic rings. The van der Waals surface area contributed by atoms with Crippen LogP contribution in [-0.4, -0.2) is 25.1 Å². The minimum Gasteiger partial charge on any atom is -0.494 e. The van der Waals surface area contributed by atoms with Crippen molar-refractivity contribution in [3.63, 3.8) is 0 Å². The van der Waals surface area contributed by atoms with Gasteiger partial charge in [-0.15, -0.1) is 0 Å². The van der Waals surface area contributed by atoms with E-state index in [9.17, 15) is 4.79 Å². The predicted octanol–water partition coefficient (Wildman–Crippen LogP) is 2.02. The molecule has 0 aliphatic carbocycles. The second kappa shape index (κ2) is 6.78. The number of hydrogen-bond donors (Lipinski definition) is 2. The molecule has 0 fully saturated rings. The number of amides is 1. The van der Waals surface area contributed by atoms with Gasteiger partial charge in [-0.25, -0.2) is 0 Å². The molecule has 17 heavy (non-hydrogen) atoms. The summed E-state index contributed by atoms with van der Waals surface area (Å²) in [7, 11) is 0. The topological polar surface area (TPSA) is 50.4 Å². The van der Waals surface area contributed by atoms with E-state index in [-0.39, 0.29) is 11.9 Å². The van der Waals surface area contributed by atoms with Gasteiger partial charge < -0.3 is 15.4 Å². The predicted molar refractivity (Wildman–Crippen MR) is 69.4 cm³/mol. The minimum absolute atomic E-state index is 0.00128. The van der Waals surface area contributed by atoms with Gasteiger partial charge in [0.05, 0.1) is 6.61 Å². The van der Waals surface area contributed by atoms with Crippen LogP contribution < -0.4 is 15.4 Å². The molecule has 0 aliphatic heterocycles. The first kappa shape index (κ1) is 13.4. The van der Waals surface area contributed by atoms with Crippen molar-refractivity contribution in [2.45, 2.75) is 26.8 Å². The lowest BCUT2D eigenvalue weighted by molar-refractivity contribution is -0.121. The van der Waals surface area contributed by atoms with Crippen molar-refractivity contribution >= 4 is 11.6 Å². The maximum absolute atomic E-state index is 11.5. The molecular formula is C13H20N2O2. The fourth-order valence-corrected chi connectivity index (χ4v) is 1.46. The summed E-state index contributed by atoms with van der Waals surface area (Å²) in [6.45, 7) is 6.99. The van der Waals surface area contributed by atoms with Crippen molar-refractivity contribution in [3.05, 3.63) is 24.3 Å². The quantitative estimate of drug-likeness (QED) is 0.794. The average molecular weight is 236 g/mol. The number of carbonyl (C=O) groups is 1. The lowest BCUT2D eigenvalue weighted by Gasteiger charge is -2.14. The maximum Gasteiger partial charge on any atom is 0.242 e. The Hall–Kier alpha value is -1.71. The van der Waals surface area contributed by atoms with Gasteiger partial charge in [0, 0.05) is 12.2 Å². The van der Waals surface area contributed by atoms with E-state index < -0.39 is 0 Å². The highest BCUT2D eigenvalue weighted by atomic mass is 16.5. The van der Waals surface area contributed by atoms with Crippen LogP contribution in [0, 0.1) is 0 Å². The Bertz CT molecular complexity index is 349. The molecule has 1 amide bonds. The normalized spacial score (nSPS) is 11.7. The minimum atomic E-state index is -0.243. The highest BCUT2D eigenvalue weighted by Gasteiger charge is 2.10. The molecule has 2 N–H and O–H groups in total. The lowest BCUT2D eigenvalue weighted by Crippen LogP contribution is -2.37. The van der Waals surface area contributed by atoms with Gasteiger partial charge in [-0.05, 0) is 45.0 Å². The van der Waals surface area contributed by atoms with Crippen molar-refractivity contribution in [1.82, 2.24) is 5.32 Å². The lowest BCUT2D eigenvalue weighted by atomic mass is 10.2. The van der Waals surface area contributed by atoms with Gasteiger partial charge >= 0.3 is 0 Å². The third-order valence-electron chi connectivity index (χ3n) is 2.29. The molecular weight excluding hydrogens is 216 g/mol. The smallest absolute Gasteiger partial charge is 0.242 e. The van der Waals surface area contributed by atoms with Crippen LogP contribution >= 0.6 is 0 Å². The summed E-state index contributed by atoms with van der Waals surface area (Å²) in [5.41, 5.74) is 0.909. The van der Waals surface area contributed by atoms with E-state index >= 15 is 0 Å². The van der Waals surface area contributed by atoms with Gasteiger partial charge in [0.1, 0.15) is 11.8 Å². The molecule has 0 heterocycles. The molecule has 1 aromatic carbocycles. The Morgan fingerprint density at radius 1 is 1.29 bits per heavy atom. The first-order valence-electron chi connectivity index (χ1n) is 5.94. The van der Waals surface area contributed by atoms with E-state index in [0.717, 1.165) is 11.4 Å². The first-order valence-corrected chi connectivity index (χ1v) is 5.94. The Labute approximate surface area is 102 Å². The Kier molecular flexibility index (Phi) is 5.33. The van der Waals surface area contributed by atoms with Gasteiger partial charge in [-0.3, -0.25) is 4.79 Å². The van der Waals surface area contributed by atoms with Crippen LogP contribution in [-0.2, 0) is 4.79 Å². The summed E-state index contributed by atoms with van der Waals surface area (Å²) >= 11 is 0. The summed E-state index contributed by atoms with van der Waals surface area (Å²) in [5.74, 6) is 0.838. The number of rotatable bonds is 6. The molecule has 0 saturated carbocycles. The molecule has 0 spiro atoms. The summed E-state index contributed by atoms with van der Waals surface area (Å²) in [6, 6.07) is 7.33. The molecule has 1 atom stereocenters. The summed E-state index contributed by atoms with van der Waals surface area (Å²) in [6.07, 6.45) is 0. The standard InChI is InChI=1S/C13H20N2O2/c1-4-14-13(16)10(3)15-11-6-8-12(9-7-11)17-5-2/h6-10,15H,4-5H2,1-3H3,(H,14,16). The first-order chi connectivity index (χ1) is 8.17. The van der Waals surface area contributed by atoms with Crippen molar-refractivity contribution in [2.75, 3.05) is 18.5 Å². The largest absolute Gasteiger partial charge is 0.494 e. The third kappa shape index (κ3) is 4.34. The van der Waals surface area contributed by atoms with E-state index in [2.05, 4.69) is 10.6 Å². The number of carbonyl (C=O) groups excluding carboxylic acids is 1. The number of ether oxygens (including phenoxy) is 1. The molecule has 4 nitrogen and oxygen atoms in total. The summed E-state index contributed by atoms with van der Waals surface area (Å²) in [5, 5.41) is 5.90. The zero-order valence-electron chi connectivity index (χ0n) is 10.6. The van der Waals surface area contributed by atoms with Crippen LogP contribution in [0.3, 0.4) is 0 Å². The number of benzene rings is 1. The zero-order chi connectivity index (χ0) is 12.7. The van der Waals surface area contributed by atoms with Gasteiger partial charge in [0.2, 0.25) is 5.91 Å². The molecule has 0 aromatic heterocycles. The van der Waals surface area contributed by atoms with Crippen LogP contribution in [0.15, 0.2) is 24.3 Å². The maximum atomic E-state index is 11.5. The average Bonchev–Trinajstić information content (AvgIpc) is 2.32. The second-order valence-electron chi connectivity index (χ2n) is 3.72. The molecule has 94 valence electrons. The van der Waals surface area contributed by atoms with Gasteiger partial charge in [0.25, 0.3) is 0 Å². The molecule has 0 saturated heterocycles. The molecule has 0 bridgehead atoms. The summed E-state index contributed by atoms with van der Waals surface area (Å²) < 4.78 is 5.34. The molecule has 4 heteroatoms. The fourth-order valence-electron chi connectivity index (χ4n) is 1.46. The second-order valence-corrected chi connectivity index (χ2v) is 3.72. The Balaban J connectivity index is 2.53. The van der Waals surface area contributed by atoms with Gasteiger partial charge in [-0.2, -0.15) is 0 Å². The molecule has 0 radical (unpaired) electrons. The van der Waals surface area contributed by atoms with E-state index in [0.29, 0.717) is 13.2 Å². The molecule has 1 rings (SSSR count). The van der Waals surface area contributed by atoms with Crippen molar-refractivity contribution in [1.29, 1.82) is 0 Å². The zero-order valence-corrected chi connectivity index (χ0v) is 10.6. The highest BCUT2D eigenvalue weighted by molar-refractivity contribution is 5.84. The SMILES string of the molecule is CCNC(=O)C(C)Nc1ccc(OCC)cc1. The monoisotopic (exact) mass is 236 g/mol. The van der Waals surface area contributed by atoms with Crippen LogP contribution in [0.5, 0.6) is 5.75 Å². The van der Waals surface area contributed by atoms with Gasteiger partial charge in [0.15, 0.2) is 0 Å². The van der Waals surface area contributed by atoms with Crippen LogP contribution in [0.1, 0.15) is 20.8 Å². The van der Waals surface area contributed by atoms with Crippen LogP contribution in [0.25, 0.3) is 0 Å². The van der Waals surface area contributed by atoms with E-state index in [1.807, 2.05) is 45.0 Å². The van der Waals surface area contributed by atoms with E-state index in [4.69, 9.17) is 4.74 Å². The van der Waals surface area contributed by atoms with Crippen LogP contribution in [0.4, 0.5) is 5.69 Å². The molecule has 1 unspecified atom stereocenters. The number of hydrogen-bond acceptors (Lipinski definition) is 3. The van der Waals surface area contributed by atoms with E-state index in [1.165, 1.54) is 0 Å². The van der Waals surface area contributed by atoms with Crippen molar-refractivity contribution in [3.8, 4) is 5.75 Å². The third-order valence-corrected chi connectivity index (χ3v) is 2.29. The van der Waals surface area contributed by atoms with E-state index in [1.54, 1.807) is 0 Å². The number of nitrogens with one attached hydrogen (secondary N) is 2. The number of anilines is 1. The Morgan fingerprint density at radius 3 is 2.47 bits per heavy atom. The van der Waals surface area contributed by atoms with Crippen molar-refractivity contribution < 1.29 is 9.53 Å². The number of likely N-dealkylation sites (N-methyl/N-ethyl adjacent to an activating group) is 1. The highest BCUT2D eigenvalue weighted by Crippen LogP contribution is 2.16. The Morgan fingerprint density at radius 2 is 1.94 bits per heavy atom. The fraction of sp³-hybridized carbons (Fsp3) is 0.462. The molecule has 0 aliphatic rings.